The van der Waals surface area contributed by atoms with Gasteiger partial charge in [0.05, 0.1) is 5.75 Å². The molecule has 1 aliphatic heterocycles. The number of nitrogens with zero attached hydrogens (tertiary/aromatic N) is 2. The first-order valence-corrected chi connectivity index (χ1v) is 12.8. The van der Waals surface area contributed by atoms with E-state index in [-0.39, 0.29) is 29.7 Å². The Morgan fingerprint density at radius 2 is 1.97 bits per heavy atom. The summed E-state index contributed by atoms with van der Waals surface area (Å²) < 4.78 is 27.0. The van der Waals surface area contributed by atoms with Crippen LogP contribution < -0.4 is 10.0 Å². The van der Waals surface area contributed by atoms with E-state index >= 15 is 0 Å². The number of aliphatic imine (C=N–C) groups is 1. The highest BCUT2D eigenvalue weighted by atomic mass is 127. The number of halogens is 1. The average Bonchev–Trinajstić information content (AvgIpc) is 3.12. The summed E-state index contributed by atoms with van der Waals surface area (Å²) in [5, 5.41) is 3.23. The van der Waals surface area contributed by atoms with Crippen molar-refractivity contribution in [3.63, 3.8) is 0 Å². The van der Waals surface area contributed by atoms with Crippen molar-refractivity contribution < 1.29 is 8.42 Å². The van der Waals surface area contributed by atoms with Crippen LogP contribution in [0.1, 0.15) is 25.7 Å². The van der Waals surface area contributed by atoms with Crippen LogP contribution in [0.2, 0.25) is 0 Å². The number of sulfonamides is 1. The van der Waals surface area contributed by atoms with Crippen LogP contribution in [0.5, 0.6) is 0 Å². The highest BCUT2D eigenvalue weighted by molar-refractivity contribution is 14.0. The summed E-state index contributed by atoms with van der Waals surface area (Å²) in [4.78, 5) is 7.90. The first-order chi connectivity index (χ1) is 13.6. The maximum Gasteiger partial charge on any atom is 0.213 e. The van der Waals surface area contributed by atoms with Gasteiger partial charge >= 0.3 is 0 Å². The van der Waals surface area contributed by atoms with Crippen LogP contribution in [0.3, 0.4) is 0 Å². The third kappa shape index (κ3) is 8.26. The van der Waals surface area contributed by atoms with Crippen molar-refractivity contribution in [3.8, 4) is 0 Å². The van der Waals surface area contributed by atoms with E-state index in [1.54, 1.807) is 7.05 Å². The van der Waals surface area contributed by atoms with Crippen LogP contribution in [-0.4, -0.2) is 64.0 Å². The Kier molecular flexibility index (Phi) is 10.5. The maximum atomic E-state index is 12.1. The van der Waals surface area contributed by atoms with E-state index in [1.165, 1.54) is 11.3 Å². The van der Waals surface area contributed by atoms with E-state index in [2.05, 4.69) is 44.2 Å². The summed E-state index contributed by atoms with van der Waals surface area (Å²) in [6, 6.07) is 10.5. The molecule has 0 amide bonds. The second-order valence-corrected chi connectivity index (χ2v) is 10.7. The summed E-state index contributed by atoms with van der Waals surface area (Å²) >= 11 is 1.90. The van der Waals surface area contributed by atoms with Gasteiger partial charge in [-0.1, -0.05) is 24.6 Å². The van der Waals surface area contributed by atoms with Crippen molar-refractivity contribution in [2.24, 2.45) is 16.8 Å². The summed E-state index contributed by atoms with van der Waals surface area (Å²) in [6.45, 7) is 2.90. The zero-order valence-electron chi connectivity index (χ0n) is 17.0. The molecule has 0 bridgehead atoms. The minimum Gasteiger partial charge on any atom is -0.355 e. The molecular weight excluding hydrogens is 519 g/mol. The number of rotatable bonds is 9. The van der Waals surface area contributed by atoms with Crippen molar-refractivity contribution in [2.75, 3.05) is 44.7 Å². The fraction of sp³-hybridized carbons (Fsp3) is 0.650. The molecule has 1 saturated carbocycles. The van der Waals surface area contributed by atoms with Crippen LogP contribution in [0.15, 0.2) is 40.2 Å². The molecule has 1 aromatic carbocycles. The summed E-state index contributed by atoms with van der Waals surface area (Å²) in [7, 11) is -1.46. The SMILES string of the molecule is CN=C(NCCS(=O)(=O)NCC1CCC1)N1CCC(CSc2ccccc2)C1.I. The van der Waals surface area contributed by atoms with Gasteiger partial charge in [0.2, 0.25) is 10.0 Å². The van der Waals surface area contributed by atoms with Crippen LogP contribution in [0.4, 0.5) is 0 Å². The predicted molar refractivity (Wildman–Crippen MR) is 133 cm³/mol. The Morgan fingerprint density at radius 1 is 1.21 bits per heavy atom. The lowest BCUT2D eigenvalue weighted by molar-refractivity contribution is 0.316. The third-order valence-electron chi connectivity index (χ3n) is 5.50. The van der Waals surface area contributed by atoms with Crippen LogP contribution in [0.25, 0.3) is 0 Å². The molecule has 1 saturated heterocycles. The van der Waals surface area contributed by atoms with Gasteiger partial charge in [-0.15, -0.1) is 35.7 Å². The predicted octanol–water partition coefficient (Wildman–Crippen LogP) is 3.01. The van der Waals surface area contributed by atoms with Gasteiger partial charge in [-0.05, 0) is 43.2 Å². The molecule has 9 heteroatoms. The number of guanidine groups is 1. The number of thioether (sulfide) groups is 1. The van der Waals surface area contributed by atoms with Crippen LogP contribution in [-0.2, 0) is 10.0 Å². The maximum absolute atomic E-state index is 12.1. The van der Waals surface area contributed by atoms with Gasteiger partial charge in [0.1, 0.15) is 0 Å². The third-order valence-corrected chi connectivity index (χ3v) is 8.09. The Labute approximate surface area is 196 Å². The van der Waals surface area contributed by atoms with Crippen molar-refractivity contribution in [1.29, 1.82) is 0 Å². The highest BCUT2D eigenvalue weighted by Gasteiger charge is 2.25. The molecule has 1 unspecified atom stereocenters. The fourth-order valence-electron chi connectivity index (χ4n) is 3.54. The van der Waals surface area contributed by atoms with Gasteiger partial charge in [-0.25, -0.2) is 13.1 Å². The van der Waals surface area contributed by atoms with Crippen molar-refractivity contribution in [3.05, 3.63) is 30.3 Å². The molecule has 1 aliphatic carbocycles. The van der Waals surface area contributed by atoms with E-state index in [1.807, 2.05) is 17.8 Å². The normalized spacial score (nSPS) is 20.2. The van der Waals surface area contributed by atoms with Gasteiger partial charge in [0.25, 0.3) is 0 Å². The van der Waals surface area contributed by atoms with E-state index in [4.69, 9.17) is 0 Å². The smallest absolute Gasteiger partial charge is 0.213 e. The zero-order chi connectivity index (χ0) is 19.8. The van der Waals surface area contributed by atoms with E-state index < -0.39 is 10.0 Å². The lowest BCUT2D eigenvalue weighted by atomic mass is 9.86. The first kappa shape index (κ1) is 24.7. The molecule has 2 N–H and O–H groups in total. The number of hydrogen-bond acceptors (Lipinski definition) is 4. The number of hydrogen-bond donors (Lipinski definition) is 2. The number of benzene rings is 1. The molecule has 0 aromatic heterocycles. The largest absolute Gasteiger partial charge is 0.355 e. The Bertz CT molecular complexity index is 742. The quantitative estimate of drug-likeness (QED) is 0.213. The van der Waals surface area contributed by atoms with Gasteiger partial charge in [0, 0.05) is 43.9 Å². The molecule has 0 spiro atoms. The summed E-state index contributed by atoms with van der Waals surface area (Å²) in [5.74, 6) is 3.14. The minimum absolute atomic E-state index is 0. The highest BCUT2D eigenvalue weighted by Crippen LogP contribution is 2.26. The molecule has 29 heavy (non-hydrogen) atoms. The van der Waals surface area contributed by atoms with E-state index in [9.17, 15) is 8.42 Å². The zero-order valence-corrected chi connectivity index (χ0v) is 21.0. The van der Waals surface area contributed by atoms with Crippen LogP contribution in [0, 0.1) is 11.8 Å². The van der Waals surface area contributed by atoms with Gasteiger partial charge in [0.15, 0.2) is 5.96 Å². The van der Waals surface area contributed by atoms with Crippen molar-refractivity contribution >= 4 is 51.7 Å². The Morgan fingerprint density at radius 3 is 2.62 bits per heavy atom. The molecule has 2 aliphatic rings. The van der Waals surface area contributed by atoms with Gasteiger partial charge in [-0.3, -0.25) is 4.99 Å². The lowest BCUT2D eigenvalue weighted by Crippen LogP contribution is -2.43. The average molecular weight is 553 g/mol. The van der Waals surface area contributed by atoms with E-state index in [0.717, 1.165) is 44.1 Å². The molecule has 0 radical (unpaired) electrons. The van der Waals surface area contributed by atoms with Crippen molar-refractivity contribution in [1.82, 2.24) is 14.9 Å². The lowest BCUT2D eigenvalue weighted by Gasteiger charge is -2.25. The monoisotopic (exact) mass is 552 g/mol. The number of nitrogens with one attached hydrogen (secondary N) is 2. The number of likely N-dealkylation sites (tertiary alicyclic amines) is 1. The standard InChI is InChI=1S/C20H32N4O2S2.HI/c1-21-20(22-11-13-28(25,26)23-14-17-6-5-7-17)24-12-10-18(15-24)16-27-19-8-3-2-4-9-19;/h2-4,8-9,17-18,23H,5-7,10-16H2,1H3,(H,21,22);1H. The summed E-state index contributed by atoms with van der Waals surface area (Å²) in [5.41, 5.74) is 0. The second kappa shape index (κ2) is 12.4. The summed E-state index contributed by atoms with van der Waals surface area (Å²) in [6.07, 6.45) is 4.66. The van der Waals surface area contributed by atoms with Gasteiger partial charge < -0.3 is 10.2 Å². The molecule has 1 atom stereocenters. The Hall–Kier alpha value is -0.520. The molecule has 2 fully saturated rings. The van der Waals surface area contributed by atoms with Gasteiger partial charge in [-0.2, -0.15) is 0 Å². The fourth-order valence-corrected chi connectivity index (χ4v) is 5.59. The molecule has 3 rings (SSSR count). The minimum atomic E-state index is -3.22. The van der Waals surface area contributed by atoms with E-state index in [0.29, 0.717) is 24.9 Å². The topological polar surface area (TPSA) is 73.8 Å². The Balaban J connectivity index is 0.00000300. The molecule has 164 valence electrons. The first-order valence-electron chi connectivity index (χ1n) is 10.2. The van der Waals surface area contributed by atoms with Crippen molar-refractivity contribution in [2.45, 2.75) is 30.6 Å². The molecular formula is C20H33IN4O2S2. The molecule has 1 aromatic rings. The van der Waals surface area contributed by atoms with Crippen LogP contribution >= 0.6 is 35.7 Å². The second-order valence-electron chi connectivity index (χ2n) is 7.66. The molecule has 6 nitrogen and oxygen atoms in total. The molecule has 1 heterocycles.